The van der Waals surface area contributed by atoms with E-state index in [0.717, 1.165) is 103 Å². The fourth-order valence-corrected chi connectivity index (χ4v) is 10.3. The summed E-state index contributed by atoms with van der Waals surface area (Å²) in [6.45, 7) is 5.75. The molecular formula is C72H127NO10. The van der Waals surface area contributed by atoms with Gasteiger partial charge in [0, 0.05) is 6.42 Å². The van der Waals surface area contributed by atoms with Gasteiger partial charge in [0.2, 0.25) is 5.91 Å². The number of nitrogens with one attached hydrogen (secondary N) is 1. The van der Waals surface area contributed by atoms with Crippen LogP contribution >= 0.6 is 0 Å². The second-order valence-corrected chi connectivity index (χ2v) is 23.6. The Morgan fingerprint density at radius 3 is 1.27 bits per heavy atom. The number of allylic oxidation sites excluding steroid dienone is 13. The maximum atomic E-state index is 13.5. The molecule has 0 radical (unpaired) electrons. The van der Waals surface area contributed by atoms with Crippen molar-refractivity contribution in [3.63, 3.8) is 0 Å². The highest BCUT2D eigenvalue weighted by Crippen LogP contribution is 2.26. The number of carbonyl (C=O) groups excluding carboxylic acids is 2. The molecule has 0 aromatic rings. The van der Waals surface area contributed by atoms with Gasteiger partial charge in [0.15, 0.2) is 12.4 Å². The molecule has 0 aliphatic carbocycles. The molecule has 0 aromatic heterocycles. The molecule has 1 amide bonds. The van der Waals surface area contributed by atoms with Gasteiger partial charge in [-0.15, -0.1) is 0 Å². The number of rotatable bonds is 58. The summed E-state index contributed by atoms with van der Waals surface area (Å²) in [5.41, 5.74) is 0. The van der Waals surface area contributed by atoms with E-state index in [9.17, 15) is 35.1 Å². The maximum absolute atomic E-state index is 13.5. The first kappa shape index (κ1) is 77.9. The molecule has 6 N–H and O–H groups in total. The van der Waals surface area contributed by atoms with Gasteiger partial charge in [0.25, 0.3) is 0 Å². The summed E-state index contributed by atoms with van der Waals surface area (Å²) in [6, 6.07) is -1.03. The molecule has 83 heavy (non-hydrogen) atoms. The second-order valence-electron chi connectivity index (χ2n) is 23.6. The van der Waals surface area contributed by atoms with Gasteiger partial charge < -0.3 is 45.1 Å². The van der Waals surface area contributed by atoms with Gasteiger partial charge in [0.1, 0.15) is 24.4 Å². The molecule has 8 atom stereocenters. The highest BCUT2D eigenvalue weighted by atomic mass is 16.7. The van der Waals surface area contributed by atoms with Gasteiger partial charge in [-0.2, -0.15) is 0 Å². The van der Waals surface area contributed by atoms with Crippen LogP contribution in [0.15, 0.2) is 85.1 Å². The zero-order valence-electron chi connectivity index (χ0n) is 53.3. The van der Waals surface area contributed by atoms with Crippen molar-refractivity contribution < 1.29 is 49.3 Å². The summed E-state index contributed by atoms with van der Waals surface area (Å²) in [4.78, 5) is 26.6. The average Bonchev–Trinajstić information content (AvgIpc) is 3.67. The van der Waals surface area contributed by atoms with Crippen molar-refractivity contribution in [3.05, 3.63) is 85.1 Å². The van der Waals surface area contributed by atoms with Gasteiger partial charge in [0.05, 0.1) is 25.4 Å². The maximum Gasteiger partial charge on any atom is 0.306 e. The molecule has 1 aliphatic heterocycles. The summed E-state index contributed by atoms with van der Waals surface area (Å²) < 4.78 is 17.7. The van der Waals surface area contributed by atoms with Crippen molar-refractivity contribution in [1.82, 2.24) is 5.32 Å². The molecule has 8 unspecified atom stereocenters. The Labute approximate surface area is 508 Å². The summed E-state index contributed by atoms with van der Waals surface area (Å²) in [7, 11) is 0. The quantitative estimate of drug-likeness (QED) is 0.0195. The molecule has 1 aliphatic rings. The molecule has 11 nitrogen and oxygen atoms in total. The van der Waals surface area contributed by atoms with Crippen LogP contribution < -0.4 is 5.32 Å². The Morgan fingerprint density at radius 1 is 0.470 bits per heavy atom. The zero-order valence-corrected chi connectivity index (χ0v) is 53.3. The van der Waals surface area contributed by atoms with E-state index in [4.69, 9.17) is 14.2 Å². The van der Waals surface area contributed by atoms with Crippen molar-refractivity contribution in [2.24, 2.45) is 0 Å². The number of hydrogen-bond acceptors (Lipinski definition) is 10. The van der Waals surface area contributed by atoms with Crippen molar-refractivity contribution in [1.29, 1.82) is 0 Å². The van der Waals surface area contributed by atoms with Crippen LogP contribution in [0, 0.1) is 0 Å². The SMILES string of the molecule is CCCCC/C=C\C/C=C\C/C=C\C/C=C\CCCCCCCCCCC(O)C(=O)NC(COC1OC(CO)C(O)C(O)C1OC(=O)CCCCCCCCC/C=C\C/C=C\CCCCC)C(O)/C=C/CCCCCCCCCCCCC. The smallest absolute Gasteiger partial charge is 0.306 e. The van der Waals surface area contributed by atoms with Gasteiger partial charge in [-0.05, 0) is 103 Å². The Morgan fingerprint density at radius 2 is 0.831 bits per heavy atom. The fourth-order valence-electron chi connectivity index (χ4n) is 10.3. The highest BCUT2D eigenvalue weighted by Gasteiger charge is 2.47. The summed E-state index contributed by atoms with van der Waals surface area (Å²) in [6.07, 6.45) is 67.5. The minimum absolute atomic E-state index is 0.111. The van der Waals surface area contributed by atoms with Crippen LogP contribution in [0.5, 0.6) is 0 Å². The van der Waals surface area contributed by atoms with Crippen LogP contribution in [0.25, 0.3) is 0 Å². The Hall–Kier alpha value is -3.16. The first-order chi connectivity index (χ1) is 40.7. The Kier molecular flexibility index (Phi) is 55.5. The van der Waals surface area contributed by atoms with Crippen molar-refractivity contribution >= 4 is 11.9 Å². The molecule has 1 fully saturated rings. The van der Waals surface area contributed by atoms with Crippen LogP contribution in [-0.4, -0.2) is 99.6 Å². The average molecular weight is 1170 g/mol. The lowest BCUT2D eigenvalue weighted by atomic mass is 9.99. The van der Waals surface area contributed by atoms with Crippen molar-refractivity contribution in [2.75, 3.05) is 13.2 Å². The van der Waals surface area contributed by atoms with E-state index in [2.05, 4.69) is 99.0 Å². The molecule has 11 heteroatoms. The molecule has 0 saturated carbocycles. The largest absolute Gasteiger partial charge is 0.454 e. The van der Waals surface area contributed by atoms with E-state index in [0.29, 0.717) is 12.8 Å². The van der Waals surface area contributed by atoms with Gasteiger partial charge in [-0.25, -0.2) is 0 Å². The molecule has 0 spiro atoms. The summed E-state index contributed by atoms with van der Waals surface area (Å²) in [5, 5.41) is 57.2. The van der Waals surface area contributed by atoms with E-state index in [1.165, 1.54) is 148 Å². The predicted molar refractivity (Wildman–Crippen MR) is 347 cm³/mol. The molecule has 480 valence electrons. The zero-order chi connectivity index (χ0) is 60.3. The van der Waals surface area contributed by atoms with E-state index < -0.39 is 67.4 Å². The minimum Gasteiger partial charge on any atom is -0.454 e. The van der Waals surface area contributed by atoms with E-state index >= 15 is 0 Å². The number of aliphatic hydroxyl groups excluding tert-OH is 5. The number of esters is 1. The minimum atomic E-state index is -1.62. The molecule has 0 aromatic carbocycles. The van der Waals surface area contributed by atoms with Crippen LogP contribution in [0.3, 0.4) is 0 Å². The fraction of sp³-hybridized carbons (Fsp3) is 0.778. The molecule has 0 bridgehead atoms. The summed E-state index contributed by atoms with van der Waals surface area (Å²) in [5.74, 6) is -1.21. The first-order valence-electron chi connectivity index (χ1n) is 34.4. The number of amides is 1. The second kappa shape index (κ2) is 59.2. The third-order valence-corrected chi connectivity index (χ3v) is 15.8. The Bertz CT molecular complexity index is 1670. The molecule has 1 rings (SSSR count). The normalized spacial score (nSPS) is 19.1. The lowest BCUT2D eigenvalue weighted by Gasteiger charge is -2.41. The number of hydrogen-bond donors (Lipinski definition) is 6. The van der Waals surface area contributed by atoms with Crippen LogP contribution in [-0.2, 0) is 23.8 Å². The molecule has 1 heterocycles. The topological polar surface area (TPSA) is 175 Å². The Balaban J connectivity index is 2.63. The molecular weight excluding hydrogens is 1040 g/mol. The number of carbonyl (C=O) groups is 2. The monoisotopic (exact) mass is 1170 g/mol. The first-order valence-corrected chi connectivity index (χ1v) is 34.4. The number of aliphatic hydroxyl groups is 5. The number of ether oxygens (including phenoxy) is 3. The standard InChI is InChI=1S/C72H127NO10/c1-4-7-10-13-16-19-22-25-27-29-30-31-32-33-34-35-37-38-41-44-47-50-53-56-59-65(76)71(80)73-63(64(75)58-55-52-49-46-43-40-24-21-18-15-12-9-6-3)62-81-72-70(69(79)68(78)66(61-74)82-72)83-67(77)60-57-54-51-48-45-42-39-36-28-26-23-20-17-14-11-8-5-2/h16-17,19-20,25-28,30-31,33-34,55,58,63-66,68-70,72,74-76,78-79H,4-15,18,21-24,29,32,35-54,56-57,59-62H2,1-3H3,(H,73,80)/b19-16-,20-17-,27-25-,28-26-,31-30-,34-33-,58-55+. The van der Waals surface area contributed by atoms with Gasteiger partial charge in [-0.3, -0.25) is 9.59 Å². The lowest BCUT2D eigenvalue weighted by Crippen LogP contribution is -2.61. The van der Waals surface area contributed by atoms with E-state index in [-0.39, 0.29) is 19.4 Å². The van der Waals surface area contributed by atoms with Crippen molar-refractivity contribution in [3.8, 4) is 0 Å². The van der Waals surface area contributed by atoms with Gasteiger partial charge in [-0.1, -0.05) is 273 Å². The van der Waals surface area contributed by atoms with Crippen molar-refractivity contribution in [2.45, 2.75) is 346 Å². The summed E-state index contributed by atoms with van der Waals surface area (Å²) >= 11 is 0. The van der Waals surface area contributed by atoms with Gasteiger partial charge >= 0.3 is 5.97 Å². The van der Waals surface area contributed by atoms with E-state index in [1.54, 1.807) is 6.08 Å². The predicted octanol–water partition coefficient (Wildman–Crippen LogP) is 17.3. The molecule has 1 saturated heterocycles. The van der Waals surface area contributed by atoms with Crippen LogP contribution in [0.4, 0.5) is 0 Å². The highest BCUT2D eigenvalue weighted by molar-refractivity contribution is 5.80. The third-order valence-electron chi connectivity index (χ3n) is 15.8. The van der Waals surface area contributed by atoms with Crippen LogP contribution in [0.2, 0.25) is 0 Å². The van der Waals surface area contributed by atoms with Crippen LogP contribution in [0.1, 0.15) is 297 Å². The lowest BCUT2D eigenvalue weighted by molar-refractivity contribution is -0.305. The third kappa shape index (κ3) is 46.7. The van der Waals surface area contributed by atoms with E-state index in [1.807, 2.05) is 6.08 Å². The number of unbranched alkanes of at least 4 members (excludes halogenated alkanes) is 32.